The van der Waals surface area contributed by atoms with Crippen molar-refractivity contribution in [2.24, 2.45) is 5.92 Å². The topological polar surface area (TPSA) is 76.0 Å². The average molecular weight is 379 g/mol. The first kappa shape index (κ1) is 18.3. The number of methoxy groups -OCH3 is 1. The van der Waals surface area contributed by atoms with Crippen LogP contribution in [0.15, 0.2) is 41.3 Å². The summed E-state index contributed by atoms with van der Waals surface area (Å²) in [6, 6.07) is 8.97. The van der Waals surface area contributed by atoms with Crippen molar-refractivity contribution >= 4 is 5.95 Å². The van der Waals surface area contributed by atoms with Crippen molar-refractivity contribution in [2.45, 2.75) is 26.7 Å². The fraction of sp³-hybridized carbons (Fsp3) is 0.381. The SMILES string of the molecule is COc1ccccc1-n1[nH]c(-c2cnc(N3CCC(C)CC3)nc2C)cc1=O. The Morgan fingerprint density at radius 2 is 1.96 bits per heavy atom. The van der Waals surface area contributed by atoms with E-state index in [1.165, 1.54) is 17.5 Å². The van der Waals surface area contributed by atoms with E-state index in [-0.39, 0.29) is 5.56 Å². The van der Waals surface area contributed by atoms with Crippen molar-refractivity contribution in [3.8, 4) is 22.7 Å². The number of H-pyrrole nitrogens is 1. The summed E-state index contributed by atoms with van der Waals surface area (Å²) in [5.41, 5.74) is 2.86. The molecular weight excluding hydrogens is 354 g/mol. The Kier molecular flexibility index (Phi) is 4.90. The number of aromatic amines is 1. The number of para-hydroxylation sites is 2. The summed E-state index contributed by atoms with van der Waals surface area (Å²) in [5, 5.41) is 3.16. The molecule has 2 aromatic heterocycles. The molecule has 0 spiro atoms. The molecule has 28 heavy (non-hydrogen) atoms. The van der Waals surface area contributed by atoms with Gasteiger partial charge in [0.2, 0.25) is 5.95 Å². The molecule has 0 radical (unpaired) electrons. The van der Waals surface area contributed by atoms with Crippen LogP contribution in [0.4, 0.5) is 5.95 Å². The van der Waals surface area contributed by atoms with E-state index < -0.39 is 0 Å². The number of ether oxygens (including phenoxy) is 1. The molecule has 1 N–H and O–H groups in total. The lowest BCUT2D eigenvalue weighted by molar-refractivity contribution is 0.411. The lowest BCUT2D eigenvalue weighted by Crippen LogP contribution is -2.34. The number of hydrogen-bond acceptors (Lipinski definition) is 5. The first-order valence-corrected chi connectivity index (χ1v) is 9.61. The molecule has 1 aliphatic heterocycles. The molecule has 0 saturated carbocycles. The van der Waals surface area contributed by atoms with Gasteiger partial charge in [-0.05, 0) is 37.8 Å². The van der Waals surface area contributed by atoms with Gasteiger partial charge in [0.15, 0.2) is 0 Å². The number of rotatable bonds is 4. The highest BCUT2D eigenvalue weighted by atomic mass is 16.5. The van der Waals surface area contributed by atoms with Crippen LogP contribution in [0.3, 0.4) is 0 Å². The maximum absolute atomic E-state index is 12.6. The summed E-state index contributed by atoms with van der Waals surface area (Å²) >= 11 is 0. The summed E-state index contributed by atoms with van der Waals surface area (Å²) in [7, 11) is 1.59. The number of aromatic nitrogens is 4. The molecule has 3 aromatic rings. The summed E-state index contributed by atoms with van der Waals surface area (Å²) in [6.45, 7) is 6.21. The third-order valence-electron chi connectivity index (χ3n) is 5.37. The molecule has 0 aliphatic carbocycles. The van der Waals surface area contributed by atoms with Crippen LogP contribution in [0.1, 0.15) is 25.5 Å². The summed E-state index contributed by atoms with van der Waals surface area (Å²) in [4.78, 5) is 24.1. The molecule has 0 atom stereocenters. The highest BCUT2D eigenvalue weighted by Crippen LogP contribution is 2.25. The van der Waals surface area contributed by atoms with E-state index in [0.29, 0.717) is 17.1 Å². The second kappa shape index (κ2) is 7.50. The van der Waals surface area contributed by atoms with Crippen LogP contribution in [0.5, 0.6) is 5.75 Å². The van der Waals surface area contributed by atoms with Gasteiger partial charge in [-0.1, -0.05) is 19.1 Å². The monoisotopic (exact) mass is 379 g/mol. The van der Waals surface area contributed by atoms with Crippen molar-refractivity contribution in [3.05, 3.63) is 52.6 Å². The van der Waals surface area contributed by atoms with Gasteiger partial charge in [-0.15, -0.1) is 0 Å². The zero-order valence-corrected chi connectivity index (χ0v) is 16.5. The van der Waals surface area contributed by atoms with Crippen LogP contribution in [0, 0.1) is 12.8 Å². The maximum Gasteiger partial charge on any atom is 0.271 e. The van der Waals surface area contributed by atoms with Gasteiger partial charge in [-0.25, -0.2) is 14.6 Å². The fourth-order valence-corrected chi connectivity index (χ4v) is 3.61. The third kappa shape index (κ3) is 3.40. The highest BCUT2D eigenvalue weighted by Gasteiger charge is 2.19. The van der Waals surface area contributed by atoms with E-state index in [1.807, 2.05) is 31.2 Å². The number of hydrogen-bond donors (Lipinski definition) is 1. The van der Waals surface area contributed by atoms with E-state index >= 15 is 0 Å². The van der Waals surface area contributed by atoms with Crippen LogP contribution < -0.4 is 15.2 Å². The molecule has 0 amide bonds. The second-order valence-electron chi connectivity index (χ2n) is 7.35. The molecular formula is C21H25N5O2. The van der Waals surface area contributed by atoms with Crippen molar-refractivity contribution < 1.29 is 4.74 Å². The molecule has 3 heterocycles. The Morgan fingerprint density at radius 3 is 2.68 bits per heavy atom. The predicted octanol–water partition coefficient (Wildman–Crippen LogP) is 3.18. The van der Waals surface area contributed by atoms with Gasteiger partial charge in [0.25, 0.3) is 5.56 Å². The van der Waals surface area contributed by atoms with Gasteiger partial charge in [-0.2, -0.15) is 0 Å². The van der Waals surface area contributed by atoms with Crippen LogP contribution in [0.2, 0.25) is 0 Å². The lowest BCUT2D eigenvalue weighted by atomic mass is 10.00. The maximum atomic E-state index is 12.6. The van der Waals surface area contributed by atoms with Crippen molar-refractivity contribution in [1.82, 2.24) is 19.7 Å². The Hall–Kier alpha value is -3.09. The molecule has 1 fully saturated rings. The fourth-order valence-electron chi connectivity index (χ4n) is 3.61. The number of nitrogens with one attached hydrogen (secondary N) is 1. The molecule has 1 aromatic carbocycles. The molecule has 146 valence electrons. The van der Waals surface area contributed by atoms with Crippen LogP contribution in [-0.4, -0.2) is 39.9 Å². The van der Waals surface area contributed by atoms with Crippen LogP contribution in [-0.2, 0) is 0 Å². The third-order valence-corrected chi connectivity index (χ3v) is 5.37. The minimum atomic E-state index is -0.159. The van der Waals surface area contributed by atoms with Gasteiger partial charge in [0.05, 0.1) is 18.5 Å². The average Bonchev–Trinajstić information content (AvgIpc) is 3.09. The standard InChI is InChI=1S/C21H25N5O2/c1-14-8-10-25(11-9-14)21-22-13-16(15(2)23-21)17-12-20(27)26(24-17)18-6-4-5-7-19(18)28-3/h4-7,12-14,24H,8-11H2,1-3H3. The largest absolute Gasteiger partial charge is 0.494 e. The number of piperidine rings is 1. The lowest BCUT2D eigenvalue weighted by Gasteiger charge is -2.30. The summed E-state index contributed by atoms with van der Waals surface area (Å²) in [5.74, 6) is 2.15. The molecule has 4 rings (SSSR count). The molecule has 7 nitrogen and oxygen atoms in total. The van der Waals surface area contributed by atoms with Gasteiger partial charge in [0.1, 0.15) is 11.4 Å². The first-order valence-electron chi connectivity index (χ1n) is 9.61. The van der Waals surface area contributed by atoms with E-state index in [4.69, 9.17) is 9.72 Å². The Balaban J connectivity index is 1.66. The normalized spacial score (nSPS) is 15.0. The number of anilines is 1. The summed E-state index contributed by atoms with van der Waals surface area (Å²) < 4.78 is 6.85. The number of aryl methyl sites for hydroxylation is 1. The molecule has 0 unspecified atom stereocenters. The molecule has 0 bridgehead atoms. The second-order valence-corrected chi connectivity index (χ2v) is 7.35. The van der Waals surface area contributed by atoms with Crippen molar-refractivity contribution in [3.63, 3.8) is 0 Å². The van der Waals surface area contributed by atoms with Gasteiger partial charge in [0, 0.05) is 30.9 Å². The molecule has 1 aliphatic rings. The van der Waals surface area contributed by atoms with E-state index in [9.17, 15) is 4.79 Å². The van der Waals surface area contributed by atoms with Crippen LogP contribution in [0.25, 0.3) is 16.9 Å². The highest BCUT2D eigenvalue weighted by molar-refractivity contribution is 5.62. The summed E-state index contributed by atoms with van der Waals surface area (Å²) in [6.07, 6.45) is 4.13. The van der Waals surface area contributed by atoms with Gasteiger partial charge < -0.3 is 9.64 Å². The first-order chi connectivity index (χ1) is 13.6. The zero-order valence-electron chi connectivity index (χ0n) is 16.5. The van der Waals surface area contributed by atoms with E-state index in [1.54, 1.807) is 19.4 Å². The zero-order chi connectivity index (χ0) is 19.7. The molecule has 7 heteroatoms. The smallest absolute Gasteiger partial charge is 0.271 e. The minimum absolute atomic E-state index is 0.159. The van der Waals surface area contributed by atoms with Gasteiger partial charge in [-0.3, -0.25) is 9.89 Å². The predicted molar refractivity (Wildman–Crippen MR) is 109 cm³/mol. The Morgan fingerprint density at radius 1 is 1.21 bits per heavy atom. The molecule has 1 saturated heterocycles. The van der Waals surface area contributed by atoms with Gasteiger partial charge >= 0.3 is 0 Å². The number of nitrogens with zero attached hydrogens (tertiary/aromatic N) is 4. The van der Waals surface area contributed by atoms with E-state index in [2.05, 4.69) is 21.9 Å². The minimum Gasteiger partial charge on any atom is -0.494 e. The van der Waals surface area contributed by atoms with Crippen molar-refractivity contribution in [1.29, 1.82) is 0 Å². The number of benzene rings is 1. The van der Waals surface area contributed by atoms with E-state index in [0.717, 1.165) is 36.2 Å². The van der Waals surface area contributed by atoms with Crippen LogP contribution >= 0.6 is 0 Å². The Labute approximate surface area is 164 Å². The van der Waals surface area contributed by atoms with Crippen molar-refractivity contribution in [2.75, 3.05) is 25.1 Å². The quantitative estimate of drug-likeness (QED) is 0.753. The Bertz CT molecular complexity index is 1030.